The highest BCUT2D eigenvalue weighted by Crippen LogP contribution is 2.18. The van der Waals surface area contributed by atoms with Crippen LogP contribution in [0.25, 0.3) is 0 Å². The van der Waals surface area contributed by atoms with Gasteiger partial charge in [-0.1, -0.05) is 23.7 Å². The molecular weight excluding hydrogens is 264 g/mol. The Labute approximate surface area is 118 Å². The first-order chi connectivity index (χ1) is 8.91. The molecule has 1 atom stereocenters. The third-order valence-electron chi connectivity index (χ3n) is 2.89. The first kappa shape index (κ1) is 15.7. The maximum absolute atomic E-state index is 11.7. The number of carbonyl (C=O) groups is 2. The average molecular weight is 283 g/mol. The molecule has 1 amide bonds. The Hall–Kier alpha value is -1.39. The van der Waals surface area contributed by atoms with Gasteiger partial charge in [-0.15, -0.1) is 0 Å². The fraction of sp³-hybridized carbons (Fsp3) is 0.429. The van der Waals surface area contributed by atoms with Crippen LogP contribution in [-0.4, -0.2) is 43.8 Å². The van der Waals surface area contributed by atoms with Gasteiger partial charge in [0.2, 0.25) is 5.91 Å². The van der Waals surface area contributed by atoms with Crippen LogP contribution in [0.2, 0.25) is 5.02 Å². The Morgan fingerprint density at radius 3 is 2.32 bits per heavy atom. The van der Waals surface area contributed by atoms with Gasteiger partial charge in [-0.2, -0.15) is 0 Å². The van der Waals surface area contributed by atoms with Gasteiger partial charge < -0.3 is 10.2 Å². The molecule has 1 rings (SSSR count). The number of hydrogen-bond acceptors (Lipinski definition) is 3. The summed E-state index contributed by atoms with van der Waals surface area (Å²) in [6, 6.07) is 7.20. The molecule has 1 aromatic rings. The molecule has 0 aliphatic rings. The number of carbonyl (C=O) groups excluding carboxylic acids is 2. The Bertz CT molecular complexity index is 443. The predicted octanol–water partition coefficient (Wildman–Crippen LogP) is 1.69. The molecule has 0 aromatic heterocycles. The van der Waals surface area contributed by atoms with Crippen LogP contribution in [0.4, 0.5) is 0 Å². The quantitative estimate of drug-likeness (QED) is 0.864. The van der Waals surface area contributed by atoms with Crippen molar-refractivity contribution >= 4 is 23.3 Å². The van der Waals surface area contributed by atoms with E-state index in [9.17, 15) is 9.59 Å². The highest BCUT2D eigenvalue weighted by atomic mass is 35.5. The van der Waals surface area contributed by atoms with Crippen LogP contribution in [0.15, 0.2) is 24.3 Å². The number of nitrogens with one attached hydrogen (secondary N) is 1. The fourth-order valence-electron chi connectivity index (χ4n) is 1.67. The van der Waals surface area contributed by atoms with Gasteiger partial charge in [0.15, 0.2) is 0 Å². The van der Waals surface area contributed by atoms with E-state index < -0.39 is 0 Å². The molecule has 0 aliphatic heterocycles. The van der Waals surface area contributed by atoms with Gasteiger partial charge in [0.05, 0.1) is 12.5 Å². The summed E-state index contributed by atoms with van der Waals surface area (Å²) in [5.41, 5.74) is 0.904. The lowest BCUT2D eigenvalue weighted by molar-refractivity contribution is -0.128. The lowest BCUT2D eigenvalue weighted by Crippen LogP contribution is -2.36. The second-order valence-corrected chi connectivity index (χ2v) is 5.07. The van der Waals surface area contributed by atoms with Crippen molar-refractivity contribution in [2.75, 3.05) is 27.2 Å². The van der Waals surface area contributed by atoms with Crippen molar-refractivity contribution in [1.29, 1.82) is 0 Å². The minimum absolute atomic E-state index is 0.0154. The number of rotatable bonds is 6. The zero-order valence-electron chi connectivity index (χ0n) is 11.4. The van der Waals surface area contributed by atoms with E-state index in [2.05, 4.69) is 5.32 Å². The Balaban J connectivity index is 2.62. The maximum Gasteiger partial charge on any atom is 0.236 e. The van der Waals surface area contributed by atoms with Crippen LogP contribution in [0, 0.1) is 0 Å². The molecule has 0 aliphatic carbocycles. The van der Waals surface area contributed by atoms with E-state index in [1.165, 1.54) is 4.90 Å². The van der Waals surface area contributed by atoms with E-state index in [0.717, 1.165) is 5.56 Å². The molecule has 5 heteroatoms. The monoisotopic (exact) mass is 282 g/mol. The van der Waals surface area contributed by atoms with Crippen molar-refractivity contribution in [3.8, 4) is 0 Å². The lowest BCUT2D eigenvalue weighted by Gasteiger charge is -2.16. The van der Waals surface area contributed by atoms with Gasteiger partial charge in [0.1, 0.15) is 5.78 Å². The standard InChI is InChI=1S/C14H19ClN2O2/c1-10(18)13(8-16-9-14(19)17(2)3)11-4-6-12(15)7-5-11/h4-7,13,16H,8-9H2,1-3H3/t13-/m0/s1. The lowest BCUT2D eigenvalue weighted by atomic mass is 9.95. The Kier molecular flexibility index (Phi) is 5.99. The average Bonchev–Trinajstić information content (AvgIpc) is 2.35. The van der Waals surface area contributed by atoms with Gasteiger partial charge in [-0.25, -0.2) is 0 Å². The van der Waals surface area contributed by atoms with Gasteiger partial charge >= 0.3 is 0 Å². The van der Waals surface area contributed by atoms with Crippen LogP contribution in [0.5, 0.6) is 0 Å². The molecular formula is C14H19ClN2O2. The van der Waals surface area contributed by atoms with Crippen molar-refractivity contribution in [1.82, 2.24) is 10.2 Å². The Morgan fingerprint density at radius 2 is 1.84 bits per heavy atom. The highest BCUT2D eigenvalue weighted by Gasteiger charge is 2.17. The zero-order valence-corrected chi connectivity index (χ0v) is 12.2. The van der Waals surface area contributed by atoms with Gasteiger partial charge in [0.25, 0.3) is 0 Å². The molecule has 0 unspecified atom stereocenters. The number of Topliss-reactive ketones (excluding diaryl/α,β-unsaturated/α-hetero) is 1. The number of likely N-dealkylation sites (N-methyl/N-ethyl adjacent to an activating group) is 1. The topological polar surface area (TPSA) is 49.4 Å². The number of benzene rings is 1. The molecule has 19 heavy (non-hydrogen) atoms. The second kappa shape index (κ2) is 7.26. The predicted molar refractivity (Wildman–Crippen MR) is 76.4 cm³/mol. The van der Waals surface area contributed by atoms with Crippen molar-refractivity contribution in [2.24, 2.45) is 0 Å². The molecule has 0 bridgehead atoms. The van der Waals surface area contributed by atoms with Crippen LogP contribution >= 0.6 is 11.6 Å². The van der Waals surface area contributed by atoms with Crippen LogP contribution < -0.4 is 5.32 Å². The van der Waals surface area contributed by atoms with E-state index in [4.69, 9.17) is 11.6 Å². The van der Waals surface area contributed by atoms with Crippen molar-refractivity contribution in [3.63, 3.8) is 0 Å². The molecule has 4 nitrogen and oxygen atoms in total. The van der Waals surface area contributed by atoms with Gasteiger partial charge in [-0.3, -0.25) is 9.59 Å². The largest absolute Gasteiger partial charge is 0.348 e. The summed E-state index contributed by atoms with van der Waals surface area (Å²) >= 11 is 5.83. The minimum Gasteiger partial charge on any atom is -0.348 e. The third-order valence-corrected chi connectivity index (χ3v) is 3.14. The molecule has 1 N–H and O–H groups in total. The SMILES string of the molecule is CC(=O)[C@H](CNCC(=O)N(C)C)c1ccc(Cl)cc1. The molecule has 0 spiro atoms. The van der Waals surface area contributed by atoms with Crippen molar-refractivity contribution in [2.45, 2.75) is 12.8 Å². The van der Waals surface area contributed by atoms with Crippen LogP contribution in [0.1, 0.15) is 18.4 Å². The summed E-state index contributed by atoms with van der Waals surface area (Å²) < 4.78 is 0. The molecule has 104 valence electrons. The van der Waals surface area contributed by atoms with E-state index in [0.29, 0.717) is 11.6 Å². The molecule has 0 fully saturated rings. The zero-order chi connectivity index (χ0) is 14.4. The summed E-state index contributed by atoms with van der Waals surface area (Å²) in [7, 11) is 3.40. The number of hydrogen-bond donors (Lipinski definition) is 1. The third kappa shape index (κ3) is 5.01. The van der Waals surface area contributed by atoms with E-state index in [-0.39, 0.29) is 24.2 Å². The van der Waals surface area contributed by atoms with Crippen LogP contribution in [-0.2, 0) is 9.59 Å². The van der Waals surface area contributed by atoms with Gasteiger partial charge in [-0.05, 0) is 24.6 Å². The molecule has 0 saturated carbocycles. The minimum atomic E-state index is -0.257. The van der Waals surface area contributed by atoms with E-state index in [1.54, 1.807) is 33.2 Å². The normalized spacial score (nSPS) is 12.0. The fourth-order valence-corrected chi connectivity index (χ4v) is 1.80. The summed E-state index contributed by atoms with van der Waals surface area (Å²) in [6.07, 6.45) is 0. The summed E-state index contributed by atoms with van der Waals surface area (Å²) in [5.74, 6) is -0.210. The summed E-state index contributed by atoms with van der Waals surface area (Å²) in [6.45, 7) is 2.22. The Morgan fingerprint density at radius 1 is 1.26 bits per heavy atom. The maximum atomic E-state index is 11.7. The summed E-state index contributed by atoms with van der Waals surface area (Å²) in [4.78, 5) is 24.6. The molecule has 0 radical (unpaired) electrons. The summed E-state index contributed by atoms with van der Waals surface area (Å²) in [5, 5.41) is 3.66. The van der Waals surface area contributed by atoms with Crippen LogP contribution in [0.3, 0.4) is 0 Å². The molecule has 0 saturated heterocycles. The highest BCUT2D eigenvalue weighted by molar-refractivity contribution is 6.30. The second-order valence-electron chi connectivity index (χ2n) is 4.63. The number of halogens is 1. The van der Waals surface area contributed by atoms with E-state index in [1.807, 2.05) is 12.1 Å². The first-order valence-corrected chi connectivity index (χ1v) is 6.46. The van der Waals surface area contributed by atoms with Gasteiger partial charge in [0, 0.05) is 25.7 Å². The molecule has 1 aromatic carbocycles. The first-order valence-electron chi connectivity index (χ1n) is 6.08. The molecule has 0 heterocycles. The number of nitrogens with zero attached hydrogens (tertiary/aromatic N) is 1. The van der Waals surface area contributed by atoms with Crippen molar-refractivity contribution < 1.29 is 9.59 Å². The smallest absolute Gasteiger partial charge is 0.236 e. The van der Waals surface area contributed by atoms with Crippen molar-refractivity contribution in [3.05, 3.63) is 34.9 Å². The number of amides is 1. The van der Waals surface area contributed by atoms with E-state index >= 15 is 0 Å². The number of ketones is 1.